The topological polar surface area (TPSA) is 29.9 Å². The molecule has 0 bridgehead atoms. The maximum Gasteiger partial charge on any atom is 0.0518 e. The summed E-state index contributed by atoms with van der Waals surface area (Å²) in [6, 6.07) is 7.03. The Balaban J connectivity index is 1.71. The first-order valence-corrected chi connectivity index (χ1v) is 7.96. The summed E-state index contributed by atoms with van der Waals surface area (Å²) in [7, 11) is 2.01. The molecule has 1 fully saturated rings. The molecule has 0 spiro atoms. The average molecular weight is 275 g/mol. The van der Waals surface area contributed by atoms with Crippen LogP contribution in [0.15, 0.2) is 29.8 Å². The maximum absolute atomic E-state index is 4.23. The van der Waals surface area contributed by atoms with Crippen molar-refractivity contribution in [2.45, 2.75) is 38.3 Å². The van der Waals surface area contributed by atoms with Gasteiger partial charge in [0.25, 0.3) is 0 Å². The number of rotatable bonds is 5. The van der Waals surface area contributed by atoms with Crippen molar-refractivity contribution in [3.8, 4) is 0 Å². The van der Waals surface area contributed by atoms with E-state index in [-0.39, 0.29) is 0 Å². The number of hydrogen-bond acceptors (Lipinski definition) is 3. The van der Waals surface area contributed by atoms with Crippen LogP contribution in [0.5, 0.6) is 0 Å². The zero-order valence-electron chi connectivity index (χ0n) is 11.4. The highest BCUT2D eigenvalue weighted by molar-refractivity contribution is 7.10. The van der Waals surface area contributed by atoms with Gasteiger partial charge >= 0.3 is 0 Å². The van der Waals surface area contributed by atoms with Crippen LogP contribution in [0.3, 0.4) is 0 Å². The van der Waals surface area contributed by atoms with Crippen molar-refractivity contribution in [2.75, 3.05) is 0 Å². The molecule has 2 aromatic rings. The summed E-state index contributed by atoms with van der Waals surface area (Å²) >= 11 is 1.87. The van der Waals surface area contributed by atoms with Gasteiger partial charge in [-0.25, -0.2) is 0 Å². The summed E-state index contributed by atoms with van der Waals surface area (Å²) in [6.07, 6.45) is 7.37. The van der Waals surface area contributed by atoms with E-state index in [1.807, 2.05) is 29.3 Å². The third-order valence-electron chi connectivity index (χ3n) is 4.15. The predicted octanol–water partition coefficient (Wildman–Crippen LogP) is 3.50. The van der Waals surface area contributed by atoms with Crippen LogP contribution in [-0.4, -0.2) is 9.78 Å². The van der Waals surface area contributed by atoms with Gasteiger partial charge < -0.3 is 5.32 Å². The number of aryl methyl sites for hydroxylation is 1. The van der Waals surface area contributed by atoms with Gasteiger partial charge in [0.05, 0.1) is 5.69 Å². The Morgan fingerprint density at radius 3 is 2.89 bits per heavy atom. The van der Waals surface area contributed by atoms with Crippen LogP contribution in [0.1, 0.15) is 42.3 Å². The Morgan fingerprint density at radius 2 is 2.26 bits per heavy atom. The lowest BCUT2D eigenvalue weighted by molar-refractivity contribution is 0.367. The second kappa shape index (κ2) is 5.88. The smallest absolute Gasteiger partial charge is 0.0518 e. The van der Waals surface area contributed by atoms with E-state index in [2.05, 4.69) is 34.0 Å². The molecule has 0 radical (unpaired) electrons. The lowest BCUT2D eigenvalue weighted by Crippen LogP contribution is -2.27. The van der Waals surface area contributed by atoms with E-state index in [9.17, 15) is 0 Å². The van der Waals surface area contributed by atoms with Gasteiger partial charge in [0.1, 0.15) is 0 Å². The highest BCUT2D eigenvalue weighted by Gasteiger charge is 2.26. The molecule has 3 nitrogen and oxygen atoms in total. The quantitative estimate of drug-likeness (QED) is 0.905. The van der Waals surface area contributed by atoms with E-state index < -0.39 is 0 Å². The van der Waals surface area contributed by atoms with Crippen molar-refractivity contribution < 1.29 is 0 Å². The lowest BCUT2D eigenvalue weighted by Gasteiger charge is -2.24. The van der Waals surface area contributed by atoms with Crippen LogP contribution >= 0.6 is 11.3 Å². The molecule has 1 atom stereocenters. The minimum atomic E-state index is 0.511. The van der Waals surface area contributed by atoms with E-state index in [1.165, 1.54) is 36.3 Å². The third-order valence-corrected chi connectivity index (χ3v) is 5.10. The van der Waals surface area contributed by atoms with Crippen molar-refractivity contribution in [3.05, 3.63) is 40.3 Å². The Hall–Kier alpha value is -1.13. The third kappa shape index (κ3) is 2.90. The van der Waals surface area contributed by atoms with Crippen molar-refractivity contribution in [3.63, 3.8) is 0 Å². The molecule has 0 aliphatic heterocycles. The number of nitrogens with zero attached hydrogens (tertiary/aromatic N) is 2. The van der Waals surface area contributed by atoms with Gasteiger partial charge in [0, 0.05) is 30.7 Å². The molecule has 4 heteroatoms. The summed E-state index contributed by atoms with van der Waals surface area (Å²) in [4.78, 5) is 1.48. The van der Waals surface area contributed by atoms with E-state index in [0.29, 0.717) is 6.04 Å². The Kier molecular flexibility index (Phi) is 3.99. The van der Waals surface area contributed by atoms with E-state index in [1.54, 1.807) is 0 Å². The highest BCUT2D eigenvalue weighted by atomic mass is 32.1. The lowest BCUT2D eigenvalue weighted by atomic mass is 9.96. The Bertz CT molecular complexity index is 497. The van der Waals surface area contributed by atoms with Crippen LogP contribution in [-0.2, 0) is 13.6 Å². The normalized spacial score (nSPS) is 17.9. The Labute approximate surface area is 118 Å². The van der Waals surface area contributed by atoms with E-state index in [4.69, 9.17) is 0 Å². The van der Waals surface area contributed by atoms with Crippen LogP contribution < -0.4 is 5.32 Å². The molecule has 1 N–H and O–H groups in total. The van der Waals surface area contributed by atoms with Gasteiger partial charge in [-0.3, -0.25) is 4.68 Å². The summed E-state index contributed by atoms with van der Waals surface area (Å²) in [5.41, 5.74) is 1.25. The molecule has 0 saturated heterocycles. The SMILES string of the molecule is Cn1nccc1CNC(c1cccs1)C1CCCC1. The zero-order valence-corrected chi connectivity index (χ0v) is 12.2. The summed E-state index contributed by atoms with van der Waals surface area (Å²) in [6.45, 7) is 0.898. The molecule has 1 aliphatic carbocycles. The number of thiophene rings is 1. The number of aromatic nitrogens is 2. The molecular weight excluding hydrogens is 254 g/mol. The fourth-order valence-electron chi connectivity index (χ4n) is 3.05. The second-order valence-electron chi connectivity index (χ2n) is 5.36. The number of hydrogen-bond donors (Lipinski definition) is 1. The molecule has 1 saturated carbocycles. The van der Waals surface area contributed by atoms with Crippen molar-refractivity contribution in [1.29, 1.82) is 0 Å². The average Bonchev–Trinajstić information content (AvgIpc) is 3.13. The summed E-state index contributed by atoms with van der Waals surface area (Å²) in [5.74, 6) is 0.798. The van der Waals surface area contributed by atoms with Gasteiger partial charge in [-0.2, -0.15) is 5.10 Å². The molecule has 3 rings (SSSR count). The van der Waals surface area contributed by atoms with Crippen LogP contribution in [0.2, 0.25) is 0 Å². The van der Waals surface area contributed by atoms with E-state index >= 15 is 0 Å². The molecule has 2 aromatic heterocycles. The van der Waals surface area contributed by atoms with Crippen LogP contribution in [0, 0.1) is 5.92 Å². The molecule has 0 aromatic carbocycles. The first kappa shape index (κ1) is 12.9. The molecule has 19 heavy (non-hydrogen) atoms. The first-order valence-electron chi connectivity index (χ1n) is 7.08. The second-order valence-corrected chi connectivity index (χ2v) is 6.34. The first-order chi connectivity index (χ1) is 9.34. The standard InChI is InChI=1S/C15H21N3S/c1-18-13(8-9-17-18)11-16-15(12-5-2-3-6-12)14-7-4-10-19-14/h4,7-10,12,15-16H,2-3,5-6,11H2,1H3. The highest BCUT2D eigenvalue weighted by Crippen LogP contribution is 2.37. The number of nitrogens with one attached hydrogen (secondary N) is 1. The predicted molar refractivity (Wildman–Crippen MR) is 79.1 cm³/mol. The zero-order chi connectivity index (χ0) is 13.1. The monoisotopic (exact) mass is 275 g/mol. The van der Waals surface area contributed by atoms with E-state index in [0.717, 1.165) is 12.5 Å². The molecule has 0 amide bonds. The molecule has 1 unspecified atom stereocenters. The molecule has 2 heterocycles. The Morgan fingerprint density at radius 1 is 1.42 bits per heavy atom. The molecule has 102 valence electrons. The molecule has 1 aliphatic rings. The van der Waals surface area contributed by atoms with Crippen molar-refractivity contribution in [1.82, 2.24) is 15.1 Å². The van der Waals surface area contributed by atoms with Crippen LogP contribution in [0.25, 0.3) is 0 Å². The molecular formula is C15H21N3S. The minimum absolute atomic E-state index is 0.511. The van der Waals surface area contributed by atoms with Gasteiger partial charge in [-0.15, -0.1) is 11.3 Å². The maximum atomic E-state index is 4.23. The van der Waals surface area contributed by atoms with Crippen molar-refractivity contribution in [2.24, 2.45) is 13.0 Å². The van der Waals surface area contributed by atoms with Crippen molar-refractivity contribution >= 4 is 11.3 Å². The fourth-order valence-corrected chi connectivity index (χ4v) is 3.94. The summed E-state index contributed by atoms with van der Waals surface area (Å²) < 4.78 is 1.95. The minimum Gasteiger partial charge on any atom is -0.303 e. The van der Waals surface area contributed by atoms with Gasteiger partial charge in [0.15, 0.2) is 0 Å². The van der Waals surface area contributed by atoms with Gasteiger partial charge in [-0.05, 0) is 36.3 Å². The van der Waals surface area contributed by atoms with Gasteiger partial charge in [-0.1, -0.05) is 18.9 Å². The summed E-state index contributed by atoms with van der Waals surface area (Å²) in [5, 5.41) is 10.2. The largest absolute Gasteiger partial charge is 0.303 e. The van der Waals surface area contributed by atoms with Gasteiger partial charge in [0.2, 0.25) is 0 Å². The fraction of sp³-hybridized carbons (Fsp3) is 0.533. The van der Waals surface area contributed by atoms with Crippen LogP contribution in [0.4, 0.5) is 0 Å².